The Balaban J connectivity index is 3.14. The molecular formula is C11H15F2NO2. The van der Waals surface area contributed by atoms with E-state index in [1.54, 1.807) is 19.1 Å². The summed E-state index contributed by atoms with van der Waals surface area (Å²) in [7, 11) is 0. The van der Waals surface area contributed by atoms with Crippen LogP contribution < -0.4 is 5.73 Å². The standard InChI is InChI=1S/C11H15F2NO2/c1-2-7-4-3-5-8(9(7)16)10(14)11(12,13)6-15/h3-5,10,15-16H,2,6,14H2,1H3/t10-/m0/s1. The molecule has 3 nitrogen and oxygen atoms in total. The van der Waals surface area contributed by atoms with Crippen LogP contribution >= 0.6 is 0 Å². The highest BCUT2D eigenvalue weighted by Crippen LogP contribution is 2.35. The first kappa shape index (κ1) is 12.9. The molecule has 0 heterocycles. The van der Waals surface area contributed by atoms with Crippen LogP contribution in [0.15, 0.2) is 18.2 Å². The van der Waals surface area contributed by atoms with Gasteiger partial charge in [0, 0.05) is 5.56 Å². The first-order chi connectivity index (χ1) is 7.44. The molecule has 16 heavy (non-hydrogen) atoms. The Morgan fingerprint density at radius 3 is 2.56 bits per heavy atom. The van der Waals surface area contributed by atoms with Crippen molar-refractivity contribution in [2.75, 3.05) is 6.61 Å². The van der Waals surface area contributed by atoms with Gasteiger partial charge in [-0.15, -0.1) is 0 Å². The molecule has 0 aromatic heterocycles. The molecule has 0 fully saturated rings. The fraction of sp³-hybridized carbons (Fsp3) is 0.455. The van der Waals surface area contributed by atoms with Crippen molar-refractivity contribution in [2.24, 2.45) is 5.73 Å². The minimum absolute atomic E-state index is 0.0431. The van der Waals surface area contributed by atoms with Crippen molar-refractivity contribution in [3.8, 4) is 5.75 Å². The fourth-order valence-electron chi connectivity index (χ4n) is 1.47. The summed E-state index contributed by atoms with van der Waals surface area (Å²) in [6.07, 6.45) is 0.525. The number of aryl methyl sites for hydroxylation is 1. The van der Waals surface area contributed by atoms with Crippen LogP contribution in [0.4, 0.5) is 8.78 Å². The molecule has 0 aliphatic heterocycles. The van der Waals surface area contributed by atoms with Crippen LogP contribution in [-0.2, 0) is 6.42 Å². The molecule has 0 spiro atoms. The molecule has 0 unspecified atom stereocenters. The third kappa shape index (κ3) is 2.31. The number of nitrogens with two attached hydrogens (primary N) is 1. The molecule has 0 aliphatic rings. The van der Waals surface area contributed by atoms with Crippen LogP contribution in [0.25, 0.3) is 0 Å². The van der Waals surface area contributed by atoms with Gasteiger partial charge in [-0.2, -0.15) is 0 Å². The van der Waals surface area contributed by atoms with E-state index < -0.39 is 18.6 Å². The molecule has 90 valence electrons. The summed E-state index contributed by atoms with van der Waals surface area (Å²) in [5, 5.41) is 18.3. The van der Waals surface area contributed by atoms with E-state index in [0.29, 0.717) is 12.0 Å². The van der Waals surface area contributed by atoms with E-state index in [0.717, 1.165) is 0 Å². The predicted molar refractivity (Wildman–Crippen MR) is 56.4 cm³/mol. The van der Waals surface area contributed by atoms with Gasteiger partial charge < -0.3 is 15.9 Å². The van der Waals surface area contributed by atoms with Crippen molar-refractivity contribution >= 4 is 0 Å². The molecule has 0 aliphatic carbocycles. The Hall–Kier alpha value is -1.20. The first-order valence-electron chi connectivity index (χ1n) is 4.99. The van der Waals surface area contributed by atoms with Crippen molar-refractivity contribution in [1.82, 2.24) is 0 Å². The maximum Gasteiger partial charge on any atom is 0.289 e. The number of alkyl halides is 2. The molecule has 0 saturated carbocycles. The van der Waals surface area contributed by atoms with Gasteiger partial charge in [0.25, 0.3) is 5.92 Å². The number of rotatable bonds is 4. The molecule has 1 aromatic rings. The zero-order chi connectivity index (χ0) is 12.3. The van der Waals surface area contributed by atoms with E-state index in [1.165, 1.54) is 6.07 Å². The van der Waals surface area contributed by atoms with Gasteiger partial charge in [0.1, 0.15) is 18.4 Å². The van der Waals surface area contributed by atoms with Gasteiger partial charge in [-0.1, -0.05) is 25.1 Å². The van der Waals surface area contributed by atoms with Gasteiger partial charge in [-0.3, -0.25) is 0 Å². The number of aliphatic hydroxyl groups excluding tert-OH is 1. The third-order valence-electron chi connectivity index (χ3n) is 2.53. The predicted octanol–water partition coefficient (Wildman–Crippen LogP) is 1.58. The van der Waals surface area contributed by atoms with Gasteiger partial charge >= 0.3 is 0 Å². The zero-order valence-electron chi connectivity index (χ0n) is 8.95. The van der Waals surface area contributed by atoms with E-state index in [1.807, 2.05) is 0 Å². The maximum absolute atomic E-state index is 13.2. The second-order valence-corrected chi connectivity index (χ2v) is 3.61. The van der Waals surface area contributed by atoms with E-state index in [-0.39, 0.29) is 11.3 Å². The maximum atomic E-state index is 13.2. The minimum Gasteiger partial charge on any atom is -0.507 e. The zero-order valence-corrected chi connectivity index (χ0v) is 8.95. The molecular weight excluding hydrogens is 216 g/mol. The molecule has 5 heteroatoms. The Kier molecular flexibility index (Phi) is 3.83. The quantitative estimate of drug-likeness (QED) is 0.737. The van der Waals surface area contributed by atoms with Gasteiger partial charge in [-0.05, 0) is 12.0 Å². The minimum atomic E-state index is -3.44. The summed E-state index contributed by atoms with van der Waals surface area (Å²) in [5.41, 5.74) is 5.85. The lowest BCUT2D eigenvalue weighted by Gasteiger charge is -2.23. The summed E-state index contributed by atoms with van der Waals surface area (Å²) >= 11 is 0. The van der Waals surface area contributed by atoms with E-state index in [2.05, 4.69) is 0 Å². The van der Waals surface area contributed by atoms with Crippen LogP contribution in [-0.4, -0.2) is 22.7 Å². The van der Waals surface area contributed by atoms with Crippen molar-refractivity contribution in [3.63, 3.8) is 0 Å². The summed E-state index contributed by atoms with van der Waals surface area (Å²) in [6, 6.07) is 2.83. The number of phenols is 1. The summed E-state index contributed by atoms with van der Waals surface area (Å²) in [4.78, 5) is 0. The smallest absolute Gasteiger partial charge is 0.289 e. The Labute approximate surface area is 92.5 Å². The number of phenolic OH excluding ortho intramolecular Hbond substituents is 1. The number of hydrogen-bond acceptors (Lipinski definition) is 3. The number of aliphatic hydroxyl groups is 1. The Bertz CT molecular complexity index is 369. The van der Waals surface area contributed by atoms with Crippen LogP contribution in [0.5, 0.6) is 5.75 Å². The molecule has 0 amide bonds. The second kappa shape index (κ2) is 4.76. The van der Waals surface area contributed by atoms with E-state index >= 15 is 0 Å². The number of para-hydroxylation sites is 1. The van der Waals surface area contributed by atoms with Gasteiger partial charge in [0.2, 0.25) is 0 Å². The highest BCUT2D eigenvalue weighted by atomic mass is 19.3. The number of aromatic hydroxyl groups is 1. The lowest BCUT2D eigenvalue weighted by Crippen LogP contribution is -2.36. The molecule has 0 saturated heterocycles. The number of hydrogen-bond donors (Lipinski definition) is 3. The van der Waals surface area contributed by atoms with Crippen molar-refractivity contribution in [1.29, 1.82) is 0 Å². The molecule has 4 N–H and O–H groups in total. The lowest BCUT2D eigenvalue weighted by atomic mass is 9.97. The molecule has 1 atom stereocenters. The highest BCUT2D eigenvalue weighted by molar-refractivity contribution is 5.42. The summed E-state index contributed by atoms with van der Waals surface area (Å²) < 4.78 is 26.3. The topological polar surface area (TPSA) is 66.5 Å². The van der Waals surface area contributed by atoms with Crippen LogP contribution in [0, 0.1) is 0 Å². The van der Waals surface area contributed by atoms with Crippen LogP contribution in [0.3, 0.4) is 0 Å². The van der Waals surface area contributed by atoms with Gasteiger partial charge in [0.05, 0.1) is 0 Å². The second-order valence-electron chi connectivity index (χ2n) is 3.61. The average molecular weight is 231 g/mol. The normalized spacial score (nSPS) is 13.8. The van der Waals surface area contributed by atoms with Crippen LogP contribution in [0.2, 0.25) is 0 Å². The van der Waals surface area contributed by atoms with Gasteiger partial charge in [0.15, 0.2) is 0 Å². The molecule has 0 radical (unpaired) electrons. The molecule has 1 rings (SSSR count). The van der Waals surface area contributed by atoms with Crippen LogP contribution in [0.1, 0.15) is 24.1 Å². The van der Waals surface area contributed by atoms with Gasteiger partial charge in [-0.25, -0.2) is 8.78 Å². The third-order valence-corrected chi connectivity index (χ3v) is 2.53. The largest absolute Gasteiger partial charge is 0.507 e. The van der Waals surface area contributed by atoms with Crippen molar-refractivity contribution in [2.45, 2.75) is 25.3 Å². The van der Waals surface area contributed by atoms with Crippen molar-refractivity contribution in [3.05, 3.63) is 29.3 Å². The monoisotopic (exact) mass is 231 g/mol. The average Bonchev–Trinajstić information content (AvgIpc) is 2.28. The number of benzene rings is 1. The highest BCUT2D eigenvalue weighted by Gasteiger charge is 2.38. The SMILES string of the molecule is CCc1cccc([C@H](N)C(F)(F)CO)c1O. The fourth-order valence-corrected chi connectivity index (χ4v) is 1.47. The molecule has 0 bridgehead atoms. The lowest BCUT2D eigenvalue weighted by molar-refractivity contribution is -0.0716. The first-order valence-corrected chi connectivity index (χ1v) is 4.99. The molecule has 1 aromatic carbocycles. The van der Waals surface area contributed by atoms with E-state index in [9.17, 15) is 13.9 Å². The summed E-state index contributed by atoms with van der Waals surface area (Å²) in [5.74, 6) is -3.66. The Morgan fingerprint density at radius 2 is 2.06 bits per heavy atom. The van der Waals surface area contributed by atoms with Crippen molar-refractivity contribution < 1.29 is 19.0 Å². The Morgan fingerprint density at radius 1 is 1.44 bits per heavy atom. The number of halogens is 2. The van der Waals surface area contributed by atoms with E-state index in [4.69, 9.17) is 10.8 Å². The summed E-state index contributed by atoms with van der Waals surface area (Å²) in [6.45, 7) is 0.457.